The first-order valence-electron chi connectivity index (χ1n) is 7.73. The number of fused-ring (bicyclic) bond motifs is 2. The molecule has 1 aromatic heterocycles. The maximum Gasteiger partial charge on any atom is 0.307 e. The zero-order chi connectivity index (χ0) is 17.6. The highest BCUT2D eigenvalue weighted by atomic mass is 127. The third-order valence-corrected chi connectivity index (χ3v) is 5.03. The van der Waals surface area contributed by atoms with Crippen molar-refractivity contribution in [1.82, 2.24) is 4.98 Å². The molecular formula is C19H15ClINO4. The van der Waals surface area contributed by atoms with E-state index in [2.05, 4.69) is 22.6 Å². The van der Waals surface area contributed by atoms with Crippen molar-refractivity contribution in [1.29, 1.82) is 0 Å². The van der Waals surface area contributed by atoms with Crippen molar-refractivity contribution in [3.8, 4) is 22.8 Å². The third kappa shape index (κ3) is 3.31. The van der Waals surface area contributed by atoms with Crippen LogP contribution in [0.4, 0.5) is 0 Å². The van der Waals surface area contributed by atoms with Gasteiger partial charge in [-0.2, -0.15) is 0 Å². The third-order valence-electron chi connectivity index (χ3n) is 4.31. The second kappa shape index (κ2) is 7.28. The van der Waals surface area contributed by atoms with Crippen LogP contribution in [0.25, 0.3) is 22.2 Å². The van der Waals surface area contributed by atoms with Crippen molar-refractivity contribution in [3.05, 3.63) is 51.1 Å². The molecule has 2 heterocycles. The average molecular weight is 484 g/mol. The molecule has 134 valence electrons. The van der Waals surface area contributed by atoms with E-state index < -0.39 is 5.97 Å². The van der Waals surface area contributed by atoms with Gasteiger partial charge in [-0.25, -0.2) is 4.98 Å². The Morgan fingerprint density at radius 1 is 1.19 bits per heavy atom. The molecule has 0 amide bonds. The largest absolute Gasteiger partial charge is 0.481 e. The monoisotopic (exact) mass is 483 g/mol. The van der Waals surface area contributed by atoms with E-state index in [-0.39, 0.29) is 25.6 Å². The lowest BCUT2D eigenvalue weighted by Gasteiger charge is -2.14. The second-order valence-electron chi connectivity index (χ2n) is 5.86. The van der Waals surface area contributed by atoms with Crippen LogP contribution in [0.15, 0.2) is 36.4 Å². The fraction of sp³-hybridized carbons (Fsp3) is 0.158. The standard InChI is InChI=1S/C19H14INO4.ClH/c1-10-13-6-16-17(25-9-24-16)8-15(13)21-19(14(10)7-18(22)23)11-2-4-12(20)5-3-11;/h2-6,8H,7,9H2,1H3,(H,22,23);1H. The summed E-state index contributed by atoms with van der Waals surface area (Å²) in [7, 11) is 0. The molecule has 0 bridgehead atoms. The topological polar surface area (TPSA) is 68.7 Å². The number of nitrogens with zero attached hydrogens (tertiary/aromatic N) is 1. The molecule has 1 N–H and O–H groups in total. The number of carboxylic acids is 1. The van der Waals surface area contributed by atoms with Gasteiger partial charge in [0, 0.05) is 20.6 Å². The zero-order valence-corrected chi connectivity index (χ0v) is 16.8. The molecule has 0 aliphatic carbocycles. The predicted molar refractivity (Wildman–Crippen MR) is 109 cm³/mol. The van der Waals surface area contributed by atoms with Gasteiger partial charge in [-0.1, -0.05) is 12.1 Å². The van der Waals surface area contributed by atoms with Gasteiger partial charge in [0.05, 0.1) is 17.6 Å². The Bertz CT molecular complexity index is 1000. The first kappa shape index (κ1) is 18.7. The van der Waals surface area contributed by atoms with Crippen molar-refractivity contribution < 1.29 is 19.4 Å². The molecule has 1 aliphatic rings. The first-order chi connectivity index (χ1) is 12.0. The van der Waals surface area contributed by atoms with E-state index >= 15 is 0 Å². The van der Waals surface area contributed by atoms with Crippen LogP contribution in [0.3, 0.4) is 0 Å². The summed E-state index contributed by atoms with van der Waals surface area (Å²) in [5.74, 6) is 0.455. The fourth-order valence-electron chi connectivity index (χ4n) is 3.07. The summed E-state index contributed by atoms with van der Waals surface area (Å²) >= 11 is 2.24. The van der Waals surface area contributed by atoms with Gasteiger partial charge in [0.2, 0.25) is 6.79 Å². The van der Waals surface area contributed by atoms with Crippen LogP contribution >= 0.6 is 35.0 Å². The Hall–Kier alpha value is -2.06. The van der Waals surface area contributed by atoms with Gasteiger partial charge >= 0.3 is 5.97 Å². The van der Waals surface area contributed by atoms with E-state index in [0.717, 1.165) is 31.2 Å². The molecule has 0 radical (unpaired) electrons. The lowest BCUT2D eigenvalue weighted by molar-refractivity contribution is -0.136. The van der Waals surface area contributed by atoms with Crippen molar-refractivity contribution in [2.75, 3.05) is 6.79 Å². The molecule has 2 aromatic carbocycles. The molecule has 26 heavy (non-hydrogen) atoms. The van der Waals surface area contributed by atoms with Gasteiger partial charge in [0.15, 0.2) is 11.5 Å². The van der Waals surface area contributed by atoms with Crippen LogP contribution in [-0.4, -0.2) is 22.9 Å². The summed E-state index contributed by atoms with van der Waals surface area (Å²) in [6, 6.07) is 11.6. The minimum Gasteiger partial charge on any atom is -0.481 e. The van der Waals surface area contributed by atoms with E-state index in [1.807, 2.05) is 43.3 Å². The lowest BCUT2D eigenvalue weighted by atomic mass is 9.95. The summed E-state index contributed by atoms with van der Waals surface area (Å²) in [5.41, 5.74) is 3.99. The quantitative estimate of drug-likeness (QED) is 0.552. The number of aromatic nitrogens is 1. The number of rotatable bonds is 3. The van der Waals surface area contributed by atoms with Crippen LogP contribution in [-0.2, 0) is 11.2 Å². The van der Waals surface area contributed by atoms with E-state index in [1.165, 1.54) is 0 Å². The number of carboxylic acid groups (broad SMARTS) is 1. The molecule has 0 spiro atoms. The number of hydrogen-bond donors (Lipinski definition) is 1. The highest BCUT2D eigenvalue weighted by molar-refractivity contribution is 14.1. The smallest absolute Gasteiger partial charge is 0.307 e. The van der Waals surface area contributed by atoms with Gasteiger partial charge in [-0.15, -0.1) is 12.4 Å². The lowest BCUT2D eigenvalue weighted by Crippen LogP contribution is -2.06. The van der Waals surface area contributed by atoms with Crippen molar-refractivity contribution >= 4 is 51.9 Å². The summed E-state index contributed by atoms with van der Waals surface area (Å²) in [6.07, 6.45) is -0.0788. The average Bonchev–Trinajstić information content (AvgIpc) is 3.03. The molecule has 3 aromatic rings. The minimum absolute atomic E-state index is 0. The Labute approximate surface area is 169 Å². The van der Waals surface area contributed by atoms with E-state index in [1.54, 1.807) is 0 Å². The highest BCUT2D eigenvalue weighted by Gasteiger charge is 2.20. The summed E-state index contributed by atoms with van der Waals surface area (Å²) in [6.45, 7) is 2.12. The summed E-state index contributed by atoms with van der Waals surface area (Å²) in [4.78, 5) is 16.2. The van der Waals surface area contributed by atoms with Crippen LogP contribution in [0.5, 0.6) is 11.5 Å². The highest BCUT2D eigenvalue weighted by Crippen LogP contribution is 2.39. The van der Waals surface area contributed by atoms with Crippen molar-refractivity contribution in [2.24, 2.45) is 0 Å². The van der Waals surface area contributed by atoms with Gasteiger partial charge in [-0.3, -0.25) is 4.79 Å². The van der Waals surface area contributed by atoms with Crippen LogP contribution < -0.4 is 9.47 Å². The molecule has 0 atom stereocenters. The molecule has 0 saturated carbocycles. The van der Waals surface area contributed by atoms with Gasteiger partial charge in [0.25, 0.3) is 0 Å². The Morgan fingerprint density at radius 3 is 2.50 bits per heavy atom. The predicted octanol–water partition coefficient (Wildman–Crippen LogP) is 4.59. The van der Waals surface area contributed by atoms with Crippen LogP contribution in [0.1, 0.15) is 11.1 Å². The number of aliphatic carboxylic acids is 1. The summed E-state index contributed by atoms with van der Waals surface area (Å²) in [5, 5.41) is 10.2. The number of hydrogen-bond acceptors (Lipinski definition) is 4. The number of benzene rings is 2. The van der Waals surface area contributed by atoms with Crippen molar-refractivity contribution in [3.63, 3.8) is 0 Å². The SMILES string of the molecule is Cc1c(CC(=O)O)c(-c2ccc(I)cc2)nc2cc3c(cc12)OCO3.Cl. The molecule has 4 rings (SSSR count). The second-order valence-corrected chi connectivity index (χ2v) is 7.11. The maximum atomic E-state index is 11.4. The number of carbonyl (C=O) groups is 1. The van der Waals surface area contributed by atoms with Gasteiger partial charge in [-0.05, 0) is 58.8 Å². The number of ether oxygens (including phenoxy) is 2. The minimum atomic E-state index is -0.878. The first-order valence-corrected chi connectivity index (χ1v) is 8.81. The van der Waals surface area contributed by atoms with Gasteiger partial charge in [0.1, 0.15) is 0 Å². The maximum absolute atomic E-state index is 11.4. The number of halogens is 2. The Morgan fingerprint density at radius 2 is 1.85 bits per heavy atom. The van der Waals surface area contributed by atoms with E-state index in [4.69, 9.17) is 14.5 Å². The van der Waals surface area contributed by atoms with Crippen molar-refractivity contribution in [2.45, 2.75) is 13.3 Å². The summed E-state index contributed by atoms with van der Waals surface area (Å²) < 4.78 is 12.0. The molecular weight excluding hydrogens is 469 g/mol. The van der Waals surface area contributed by atoms with Gasteiger partial charge < -0.3 is 14.6 Å². The zero-order valence-electron chi connectivity index (χ0n) is 13.8. The molecule has 0 fully saturated rings. The van der Waals surface area contributed by atoms with E-state index in [9.17, 15) is 9.90 Å². The number of aryl methyl sites for hydroxylation is 1. The fourth-order valence-corrected chi connectivity index (χ4v) is 3.43. The molecule has 0 saturated heterocycles. The molecule has 7 heteroatoms. The normalized spacial score (nSPS) is 12.1. The number of pyridine rings is 1. The molecule has 0 unspecified atom stereocenters. The Balaban J connectivity index is 0.00000196. The molecule has 5 nitrogen and oxygen atoms in total. The van der Waals surface area contributed by atoms with Crippen LogP contribution in [0.2, 0.25) is 0 Å². The van der Waals surface area contributed by atoms with Crippen LogP contribution in [0, 0.1) is 10.5 Å². The molecule has 1 aliphatic heterocycles. The Kier molecular flexibility index (Phi) is 5.24. The van der Waals surface area contributed by atoms with E-state index in [0.29, 0.717) is 17.2 Å².